The molecule has 2 aromatic carbocycles. The molecule has 0 aromatic heterocycles. The molecule has 0 spiro atoms. The lowest BCUT2D eigenvalue weighted by Gasteiger charge is -2.25. The second-order valence-corrected chi connectivity index (χ2v) is 4.70. The van der Waals surface area contributed by atoms with Crippen LogP contribution in [0.15, 0.2) is 48.5 Å². The molecule has 2 N–H and O–H groups in total. The van der Waals surface area contributed by atoms with Crippen LogP contribution in [0.4, 0.5) is 0 Å². The fraction of sp³-hybridized carbons (Fsp3) is 0.250. The lowest BCUT2D eigenvalue weighted by atomic mass is 9.97. The average molecular weight is 239 g/mol. The molecule has 1 aliphatic heterocycles. The van der Waals surface area contributed by atoms with Crippen LogP contribution in [-0.2, 0) is 6.42 Å². The monoisotopic (exact) mass is 239 g/mol. The van der Waals surface area contributed by atoms with Crippen LogP contribution in [0.3, 0.4) is 0 Å². The van der Waals surface area contributed by atoms with Crippen molar-refractivity contribution < 1.29 is 4.74 Å². The minimum absolute atomic E-state index is 0.181. The van der Waals surface area contributed by atoms with Gasteiger partial charge < -0.3 is 10.5 Å². The van der Waals surface area contributed by atoms with E-state index in [0.717, 1.165) is 18.6 Å². The van der Waals surface area contributed by atoms with Crippen molar-refractivity contribution in [3.05, 3.63) is 54.1 Å². The smallest absolute Gasteiger partial charge is 0.123 e. The van der Waals surface area contributed by atoms with Crippen LogP contribution in [0.5, 0.6) is 5.75 Å². The quantitative estimate of drug-likeness (QED) is 0.874. The lowest BCUT2D eigenvalue weighted by Crippen LogP contribution is -2.30. The number of ether oxygens (including phenoxy) is 1. The molecule has 0 saturated carbocycles. The fourth-order valence-electron chi connectivity index (χ4n) is 2.42. The zero-order valence-corrected chi connectivity index (χ0v) is 10.3. The maximum atomic E-state index is 5.85. The number of benzene rings is 2. The Balaban J connectivity index is 1.93. The van der Waals surface area contributed by atoms with Crippen molar-refractivity contribution in [2.24, 2.45) is 5.73 Å². The molecule has 0 radical (unpaired) electrons. The molecule has 1 unspecified atom stereocenters. The van der Waals surface area contributed by atoms with Crippen LogP contribution in [0, 0.1) is 0 Å². The third-order valence-corrected chi connectivity index (χ3v) is 3.46. The summed E-state index contributed by atoms with van der Waals surface area (Å²) in [5.41, 5.74) is 9.45. The normalized spacial score (nSPS) is 17.9. The maximum absolute atomic E-state index is 5.85. The highest BCUT2D eigenvalue weighted by molar-refractivity contribution is 5.65. The maximum Gasteiger partial charge on any atom is 0.123 e. The fourth-order valence-corrected chi connectivity index (χ4v) is 2.42. The number of hydrogen-bond donors (Lipinski definition) is 1. The SMILES string of the molecule is NCC1CCc2cc(-c3ccccc3)ccc2O1. The molecule has 0 aliphatic carbocycles. The molecule has 3 rings (SSSR count). The second kappa shape index (κ2) is 4.83. The third kappa shape index (κ3) is 2.12. The van der Waals surface area contributed by atoms with Gasteiger partial charge in [-0.2, -0.15) is 0 Å². The largest absolute Gasteiger partial charge is 0.489 e. The zero-order valence-electron chi connectivity index (χ0n) is 10.3. The topological polar surface area (TPSA) is 35.2 Å². The van der Waals surface area contributed by atoms with Crippen LogP contribution in [0.2, 0.25) is 0 Å². The van der Waals surface area contributed by atoms with E-state index in [9.17, 15) is 0 Å². The van der Waals surface area contributed by atoms with Crippen molar-refractivity contribution >= 4 is 0 Å². The van der Waals surface area contributed by atoms with E-state index >= 15 is 0 Å². The van der Waals surface area contributed by atoms with Crippen molar-refractivity contribution in [3.8, 4) is 16.9 Å². The third-order valence-electron chi connectivity index (χ3n) is 3.46. The molecular weight excluding hydrogens is 222 g/mol. The van der Waals surface area contributed by atoms with Gasteiger partial charge in [0.15, 0.2) is 0 Å². The molecule has 1 aliphatic rings. The van der Waals surface area contributed by atoms with E-state index in [1.807, 2.05) is 6.07 Å². The summed E-state index contributed by atoms with van der Waals surface area (Å²) in [6, 6.07) is 16.9. The Bertz CT molecular complexity index is 536. The number of nitrogens with two attached hydrogens (primary N) is 1. The molecule has 0 saturated heterocycles. The Labute approximate surface area is 107 Å². The standard InChI is InChI=1S/C16H17NO/c17-11-15-8-6-14-10-13(7-9-16(14)18-15)12-4-2-1-3-5-12/h1-5,7,9-10,15H,6,8,11,17H2. The average Bonchev–Trinajstić information content (AvgIpc) is 2.47. The Kier molecular flexibility index (Phi) is 3.03. The van der Waals surface area contributed by atoms with Crippen LogP contribution < -0.4 is 10.5 Å². The molecule has 1 atom stereocenters. The van der Waals surface area contributed by atoms with E-state index < -0.39 is 0 Å². The first-order valence-corrected chi connectivity index (χ1v) is 6.42. The van der Waals surface area contributed by atoms with E-state index in [-0.39, 0.29) is 6.10 Å². The minimum Gasteiger partial charge on any atom is -0.489 e. The summed E-state index contributed by atoms with van der Waals surface area (Å²) in [6.07, 6.45) is 2.25. The summed E-state index contributed by atoms with van der Waals surface area (Å²) in [6.45, 7) is 0.597. The molecule has 0 amide bonds. The van der Waals surface area contributed by atoms with E-state index in [1.165, 1.54) is 16.7 Å². The Morgan fingerprint density at radius 2 is 1.89 bits per heavy atom. The molecule has 2 nitrogen and oxygen atoms in total. The number of fused-ring (bicyclic) bond motifs is 1. The number of aryl methyl sites for hydroxylation is 1. The first kappa shape index (κ1) is 11.3. The van der Waals surface area contributed by atoms with Crippen molar-refractivity contribution in [1.82, 2.24) is 0 Å². The van der Waals surface area contributed by atoms with Crippen LogP contribution in [0.25, 0.3) is 11.1 Å². The van der Waals surface area contributed by atoms with E-state index in [2.05, 4.69) is 42.5 Å². The highest BCUT2D eigenvalue weighted by Gasteiger charge is 2.18. The first-order valence-electron chi connectivity index (χ1n) is 6.42. The molecule has 0 bridgehead atoms. The lowest BCUT2D eigenvalue weighted by molar-refractivity contribution is 0.181. The predicted octanol–water partition coefficient (Wildman–Crippen LogP) is 3.01. The highest BCUT2D eigenvalue weighted by Crippen LogP contribution is 2.31. The van der Waals surface area contributed by atoms with E-state index in [4.69, 9.17) is 10.5 Å². The van der Waals surface area contributed by atoms with Gasteiger partial charge in [-0.05, 0) is 41.7 Å². The zero-order chi connectivity index (χ0) is 12.4. The molecule has 2 aromatic rings. The first-order chi connectivity index (χ1) is 8.86. The van der Waals surface area contributed by atoms with E-state index in [0.29, 0.717) is 6.54 Å². The molecule has 2 heteroatoms. The van der Waals surface area contributed by atoms with Gasteiger partial charge in [-0.3, -0.25) is 0 Å². The summed E-state index contributed by atoms with van der Waals surface area (Å²) < 4.78 is 5.85. The van der Waals surface area contributed by atoms with Crippen LogP contribution in [0.1, 0.15) is 12.0 Å². The van der Waals surface area contributed by atoms with Crippen molar-refractivity contribution in [2.75, 3.05) is 6.54 Å². The Morgan fingerprint density at radius 3 is 2.67 bits per heavy atom. The van der Waals surface area contributed by atoms with Gasteiger partial charge in [-0.25, -0.2) is 0 Å². The van der Waals surface area contributed by atoms with Gasteiger partial charge in [0.2, 0.25) is 0 Å². The summed E-state index contributed by atoms with van der Waals surface area (Å²) in [5.74, 6) is 0.997. The highest BCUT2D eigenvalue weighted by atomic mass is 16.5. The van der Waals surface area contributed by atoms with Gasteiger partial charge in [0, 0.05) is 6.54 Å². The Hall–Kier alpha value is -1.80. The van der Waals surface area contributed by atoms with Crippen molar-refractivity contribution in [3.63, 3.8) is 0 Å². The molecule has 1 heterocycles. The predicted molar refractivity (Wildman–Crippen MR) is 73.7 cm³/mol. The van der Waals surface area contributed by atoms with Crippen molar-refractivity contribution in [2.45, 2.75) is 18.9 Å². The molecule has 18 heavy (non-hydrogen) atoms. The number of rotatable bonds is 2. The van der Waals surface area contributed by atoms with Gasteiger partial charge in [0.25, 0.3) is 0 Å². The van der Waals surface area contributed by atoms with Crippen molar-refractivity contribution in [1.29, 1.82) is 0 Å². The van der Waals surface area contributed by atoms with Crippen LogP contribution in [-0.4, -0.2) is 12.6 Å². The van der Waals surface area contributed by atoms with Gasteiger partial charge in [-0.1, -0.05) is 36.4 Å². The molecule has 0 fully saturated rings. The Morgan fingerprint density at radius 1 is 1.06 bits per heavy atom. The second-order valence-electron chi connectivity index (χ2n) is 4.70. The summed E-state index contributed by atoms with van der Waals surface area (Å²) >= 11 is 0. The molecule has 92 valence electrons. The van der Waals surface area contributed by atoms with Crippen LogP contribution >= 0.6 is 0 Å². The summed E-state index contributed by atoms with van der Waals surface area (Å²) in [5, 5.41) is 0. The van der Waals surface area contributed by atoms with E-state index in [1.54, 1.807) is 0 Å². The number of hydrogen-bond acceptors (Lipinski definition) is 2. The summed E-state index contributed by atoms with van der Waals surface area (Å²) in [7, 11) is 0. The van der Waals surface area contributed by atoms with Gasteiger partial charge in [0.1, 0.15) is 11.9 Å². The van der Waals surface area contributed by atoms with Gasteiger partial charge in [0.05, 0.1) is 0 Å². The summed E-state index contributed by atoms with van der Waals surface area (Å²) in [4.78, 5) is 0. The van der Waals surface area contributed by atoms with Gasteiger partial charge in [-0.15, -0.1) is 0 Å². The van der Waals surface area contributed by atoms with Gasteiger partial charge >= 0.3 is 0 Å². The minimum atomic E-state index is 0.181. The molecular formula is C16H17NO.